The van der Waals surface area contributed by atoms with Gasteiger partial charge in [0, 0.05) is 17.0 Å². The Morgan fingerprint density at radius 2 is 1.75 bits per heavy atom. The van der Waals surface area contributed by atoms with Crippen molar-refractivity contribution >= 4 is 33.5 Å². The Morgan fingerprint density at radius 1 is 0.958 bits per heavy atom. The standard InChI is InChI=1S/C19H12N2O3/c22-18(14-11-13-5-1-2-9-16(13)24-19(14)23)21-15-8-3-6-12-7-4-10-20-17(12)15/h1-11H,(H,21,22). The summed E-state index contributed by atoms with van der Waals surface area (Å²) < 4.78 is 5.21. The number of carbonyl (C=O) groups is 1. The van der Waals surface area contributed by atoms with Gasteiger partial charge in [0.1, 0.15) is 11.1 Å². The van der Waals surface area contributed by atoms with Crippen LogP contribution in [0.4, 0.5) is 5.69 Å². The maximum Gasteiger partial charge on any atom is 0.349 e. The Hall–Kier alpha value is -3.47. The molecule has 2 heterocycles. The predicted molar refractivity (Wildman–Crippen MR) is 92.2 cm³/mol. The van der Waals surface area contributed by atoms with Crippen molar-refractivity contribution in [1.29, 1.82) is 0 Å². The summed E-state index contributed by atoms with van der Waals surface area (Å²) in [6.07, 6.45) is 1.66. The van der Waals surface area contributed by atoms with Crippen molar-refractivity contribution in [3.8, 4) is 0 Å². The molecule has 2 aromatic heterocycles. The highest BCUT2D eigenvalue weighted by atomic mass is 16.4. The fraction of sp³-hybridized carbons (Fsp3) is 0. The van der Waals surface area contributed by atoms with Gasteiger partial charge in [-0.15, -0.1) is 0 Å². The molecule has 24 heavy (non-hydrogen) atoms. The van der Waals surface area contributed by atoms with Crippen molar-refractivity contribution in [2.75, 3.05) is 5.32 Å². The fourth-order valence-corrected chi connectivity index (χ4v) is 2.61. The van der Waals surface area contributed by atoms with Crippen LogP contribution in [0.15, 0.2) is 76.1 Å². The van der Waals surface area contributed by atoms with E-state index in [1.165, 1.54) is 6.07 Å². The van der Waals surface area contributed by atoms with E-state index in [-0.39, 0.29) is 5.56 Å². The molecule has 0 spiro atoms. The first kappa shape index (κ1) is 14.1. The maximum atomic E-state index is 12.5. The zero-order valence-electron chi connectivity index (χ0n) is 12.5. The maximum absolute atomic E-state index is 12.5. The number of nitrogens with one attached hydrogen (secondary N) is 1. The molecule has 0 aliphatic carbocycles. The molecule has 1 amide bonds. The number of para-hydroxylation sites is 2. The Balaban J connectivity index is 1.76. The second-order valence-corrected chi connectivity index (χ2v) is 5.32. The summed E-state index contributed by atoms with van der Waals surface area (Å²) in [7, 11) is 0. The van der Waals surface area contributed by atoms with Gasteiger partial charge in [-0.05, 0) is 24.3 Å². The summed E-state index contributed by atoms with van der Waals surface area (Å²) in [6, 6.07) is 17.8. The lowest BCUT2D eigenvalue weighted by Gasteiger charge is -2.07. The molecule has 5 heteroatoms. The van der Waals surface area contributed by atoms with E-state index in [2.05, 4.69) is 10.3 Å². The quantitative estimate of drug-likeness (QED) is 0.574. The van der Waals surface area contributed by atoms with Crippen molar-refractivity contribution in [3.05, 3.63) is 82.8 Å². The number of anilines is 1. The van der Waals surface area contributed by atoms with Crippen molar-refractivity contribution in [2.45, 2.75) is 0 Å². The van der Waals surface area contributed by atoms with Crippen molar-refractivity contribution < 1.29 is 9.21 Å². The van der Waals surface area contributed by atoms with E-state index in [1.54, 1.807) is 30.5 Å². The molecule has 0 aliphatic heterocycles. The molecular weight excluding hydrogens is 304 g/mol. The van der Waals surface area contributed by atoms with Crippen LogP contribution in [0.2, 0.25) is 0 Å². The Morgan fingerprint density at radius 3 is 2.67 bits per heavy atom. The summed E-state index contributed by atoms with van der Waals surface area (Å²) in [6.45, 7) is 0. The number of carbonyl (C=O) groups excluding carboxylic acids is 1. The topological polar surface area (TPSA) is 72.2 Å². The van der Waals surface area contributed by atoms with E-state index in [0.717, 1.165) is 5.39 Å². The van der Waals surface area contributed by atoms with E-state index in [0.29, 0.717) is 22.2 Å². The lowest BCUT2D eigenvalue weighted by Crippen LogP contribution is -2.20. The molecule has 0 saturated carbocycles. The number of pyridine rings is 1. The first-order valence-electron chi connectivity index (χ1n) is 7.40. The molecule has 2 aromatic carbocycles. The minimum absolute atomic E-state index is 0.0402. The van der Waals surface area contributed by atoms with Gasteiger partial charge >= 0.3 is 5.63 Å². The van der Waals surface area contributed by atoms with E-state index >= 15 is 0 Å². The van der Waals surface area contributed by atoms with Gasteiger partial charge in [-0.3, -0.25) is 9.78 Å². The minimum Gasteiger partial charge on any atom is -0.422 e. The summed E-state index contributed by atoms with van der Waals surface area (Å²) in [5, 5.41) is 4.34. The van der Waals surface area contributed by atoms with Crippen LogP contribution in [0, 0.1) is 0 Å². The summed E-state index contributed by atoms with van der Waals surface area (Å²) >= 11 is 0. The summed E-state index contributed by atoms with van der Waals surface area (Å²) in [5.41, 5.74) is 0.955. The highest BCUT2D eigenvalue weighted by molar-refractivity contribution is 6.09. The van der Waals surface area contributed by atoms with Crippen LogP contribution >= 0.6 is 0 Å². The number of hydrogen-bond acceptors (Lipinski definition) is 4. The second-order valence-electron chi connectivity index (χ2n) is 5.32. The van der Waals surface area contributed by atoms with Crippen molar-refractivity contribution in [3.63, 3.8) is 0 Å². The number of nitrogens with zero attached hydrogens (tertiary/aromatic N) is 1. The predicted octanol–water partition coefficient (Wildman–Crippen LogP) is 3.59. The lowest BCUT2D eigenvalue weighted by atomic mass is 10.1. The van der Waals surface area contributed by atoms with Gasteiger partial charge in [0.15, 0.2) is 0 Å². The van der Waals surface area contributed by atoms with Crippen LogP contribution in [0.25, 0.3) is 21.9 Å². The molecule has 0 radical (unpaired) electrons. The number of aromatic nitrogens is 1. The SMILES string of the molecule is O=C(Nc1cccc2cccnc12)c1cc2ccccc2oc1=O. The van der Waals surface area contributed by atoms with Gasteiger partial charge in [0.25, 0.3) is 5.91 Å². The third-order valence-electron chi connectivity index (χ3n) is 3.77. The van der Waals surface area contributed by atoms with Crippen molar-refractivity contribution in [1.82, 2.24) is 4.98 Å². The average molecular weight is 316 g/mol. The van der Waals surface area contributed by atoms with Crippen LogP contribution in [-0.4, -0.2) is 10.9 Å². The van der Waals surface area contributed by atoms with Crippen LogP contribution < -0.4 is 10.9 Å². The van der Waals surface area contributed by atoms with Gasteiger partial charge in [-0.25, -0.2) is 4.79 Å². The largest absolute Gasteiger partial charge is 0.422 e. The molecule has 4 rings (SSSR count). The first-order chi connectivity index (χ1) is 11.7. The summed E-state index contributed by atoms with van der Waals surface area (Å²) in [4.78, 5) is 28.9. The van der Waals surface area contributed by atoms with E-state index in [4.69, 9.17) is 4.42 Å². The van der Waals surface area contributed by atoms with E-state index in [1.807, 2.05) is 30.3 Å². The van der Waals surface area contributed by atoms with Crippen LogP contribution in [0.3, 0.4) is 0 Å². The van der Waals surface area contributed by atoms with Crippen molar-refractivity contribution in [2.24, 2.45) is 0 Å². The molecular formula is C19H12N2O3. The molecule has 1 N–H and O–H groups in total. The Labute approximate surface area is 136 Å². The zero-order valence-corrected chi connectivity index (χ0v) is 12.5. The van der Waals surface area contributed by atoms with Crippen LogP contribution in [-0.2, 0) is 0 Å². The Kier molecular flexibility index (Phi) is 3.31. The third kappa shape index (κ3) is 2.42. The molecule has 116 valence electrons. The van der Waals surface area contributed by atoms with Gasteiger partial charge in [-0.2, -0.15) is 0 Å². The number of benzene rings is 2. The first-order valence-corrected chi connectivity index (χ1v) is 7.40. The highest BCUT2D eigenvalue weighted by Gasteiger charge is 2.15. The molecule has 4 aromatic rings. The zero-order chi connectivity index (χ0) is 16.5. The fourth-order valence-electron chi connectivity index (χ4n) is 2.61. The van der Waals surface area contributed by atoms with Gasteiger partial charge in [-0.1, -0.05) is 36.4 Å². The smallest absolute Gasteiger partial charge is 0.349 e. The number of rotatable bonds is 2. The van der Waals surface area contributed by atoms with Crippen LogP contribution in [0.1, 0.15) is 10.4 Å². The highest BCUT2D eigenvalue weighted by Crippen LogP contribution is 2.21. The van der Waals surface area contributed by atoms with Gasteiger partial charge < -0.3 is 9.73 Å². The molecule has 0 bridgehead atoms. The summed E-state index contributed by atoms with van der Waals surface area (Å²) in [5.74, 6) is -0.521. The minimum atomic E-state index is -0.667. The van der Waals surface area contributed by atoms with Gasteiger partial charge in [0.05, 0.1) is 11.2 Å². The monoisotopic (exact) mass is 316 g/mol. The Bertz CT molecular complexity index is 1130. The number of amides is 1. The van der Waals surface area contributed by atoms with E-state index in [9.17, 15) is 9.59 Å². The average Bonchev–Trinajstić information content (AvgIpc) is 2.61. The molecule has 0 atom stereocenters. The second kappa shape index (κ2) is 5.62. The van der Waals surface area contributed by atoms with Crippen LogP contribution in [0.5, 0.6) is 0 Å². The molecule has 0 unspecified atom stereocenters. The molecule has 0 fully saturated rings. The van der Waals surface area contributed by atoms with E-state index < -0.39 is 11.5 Å². The molecule has 0 aliphatic rings. The molecule has 0 saturated heterocycles. The lowest BCUT2D eigenvalue weighted by molar-refractivity contribution is 0.102. The normalized spacial score (nSPS) is 10.8. The van der Waals surface area contributed by atoms with Gasteiger partial charge in [0.2, 0.25) is 0 Å². The number of hydrogen-bond donors (Lipinski definition) is 1. The molecule has 5 nitrogen and oxygen atoms in total. The number of fused-ring (bicyclic) bond motifs is 2. The third-order valence-corrected chi connectivity index (χ3v) is 3.77.